The molecular formula is C24H20BrN3O4S. The number of nitrogens with one attached hydrogen (secondary N) is 1. The summed E-state index contributed by atoms with van der Waals surface area (Å²) < 4.78 is 12.3. The summed E-state index contributed by atoms with van der Waals surface area (Å²) in [5, 5.41) is 11.8. The Hall–Kier alpha value is -3.48. The fraction of sp³-hybridized carbons (Fsp3) is 0.167. The fourth-order valence-electron chi connectivity index (χ4n) is 3.13. The van der Waals surface area contributed by atoms with E-state index in [-0.39, 0.29) is 23.8 Å². The van der Waals surface area contributed by atoms with E-state index in [4.69, 9.17) is 21.7 Å². The van der Waals surface area contributed by atoms with Crippen molar-refractivity contribution in [3.8, 4) is 17.6 Å². The molecule has 33 heavy (non-hydrogen) atoms. The molecule has 0 saturated carbocycles. The van der Waals surface area contributed by atoms with Gasteiger partial charge in [-0.05, 0) is 64.9 Å². The minimum Gasteiger partial charge on any atom is -0.490 e. The Bertz CT molecular complexity index is 1200. The number of halogens is 1. The number of nitrogens with zero attached hydrogens (tertiary/aromatic N) is 2. The summed E-state index contributed by atoms with van der Waals surface area (Å²) in [6.45, 7) is 6.17. The van der Waals surface area contributed by atoms with Gasteiger partial charge in [0.1, 0.15) is 12.2 Å². The first-order valence-corrected chi connectivity index (χ1v) is 11.2. The molecule has 3 rings (SSSR count). The third-order valence-corrected chi connectivity index (χ3v) is 5.56. The monoisotopic (exact) mass is 525 g/mol. The molecule has 1 aliphatic rings. The number of ether oxygens (including phenoxy) is 2. The van der Waals surface area contributed by atoms with Crippen LogP contribution in [0.3, 0.4) is 0 Å². The zero-order valence-corrected chi connectivity index (χ0v) is 20.2. The fourth-order valence-corrected chi connectivity index (χ4v) is 3.96. The average molecular weight is 526 g/mol. The lowest BCUT2D eigenvalue weighted by Gasteiger charge is -2.27. The third-order valence-electron chi connectivity index (χ3n) is 4.65. The summed E-state index contributed by atoms with van der Waals surface area (Å²) >= 11 is 8.57. The Kier molecular flexibility index (Phi) is 7.98. The predicted molar refractivity (Wildman–Crippen MR) is 131 cm³/mol. The largest absolute Gasteiger partial charge is 0.490 e. The van der Waals surface area contributed by atoms with Crippen LogP contribution >= 0.6 is 28.1 Å². The molecule has 1 fully saturated rings. The van der Waals surface area contributed by atoms with Crippen molar-refractivity contribution in [3.63, 3.8) is 0 Å². The molecular weight excluding hydrogens is 506 g/mol. The topological polar surface area (TPSA) is 91.7 Å². The normalized spacial score (nSPS) is 14.6. The van der Waals surface area contributed by atoms with Crippen LogP contribution in [0.25, 0.3) is 6.08 Å². The number of carbonyl (C=O) groups is 2. The molecule has 2 amide bonds. The van der Waals surface area contributed by atoms with E-state index in [1.54, 1.807) is 24.3 Å². The van der Waals surface area contributed by atoms with Crippen LogP contribution in [0.4, 0.5) is 0 Å². The number of thiocarbonyl (C=S) groups is 1. The van der Waals surface area contributed by atoms with Crippen molar-refractivity contribution in [2.24, 2.45) is 0 Å². The smallest absolute Gasteiger partial charge is 0.265 e. The minimum absolute atomic E-state index is 0.0413. The van der Waals surface area contributed by atoms with Crippen molar-refractivity contribution in [1.82, 2.24) is 10.2 Å². The standard InChI is InChI=1S/C24H20BrN3O4S/c1-3-9-28-23(30)18(22(29)27-24(28)33)10-15-11-19(25)21(20(12-15)31-4-2)32-14-17-8-6-5-7-16(17)13-26/h3,5-8,10-12H,1,4,9,14H2,2H3,(H,27,29,33)/b18-10+. The van der Waals surface area contributed by atoms with Gasteiger partial charge in [-0.3, -0.25) is 19.8 Å². The second kappa shape index (κ2) is 10.9. The minimum atomic E-state index is -0.576. The molecule has 0 unspecified atom stereocenters. The number of amides is 2. The van der Waals surface area contributed by atoms with Gasteiger partial charge in [0.05, 0.1) is 22.7 Å². The van der Waals surface area contributed by atoms with Crippen LogP contribution in [0.1, 0.15) is 23.6 Å². The van der Waals surface area contributed by atoms with Gasteiger partial charge in [-0.2, -0.15) is 5.26 Å². The SMILES string of the molecule is C=CCN1C(=O)/C(=C/c2cc(Br)c(OCc3ccccc3C#N)c(OCC)c2)C(=O)NC1=S. The first kappa shape index (κ1) is 24.2. The lowest BCUT2D eigenvalue weighted by molar-refractivity contribution is -0.128. The quantitative estimate of drug-likeness (QED) is 0.241. The van der Waals surface area contributed by atoms with Gasteiger partial charge in [-0.15, -0.1) is 6.58 Å². The van der Waals surface area contributed by atoms with Crippen LogP contribution < -0.4 is 14.8 Å². The zero-order valence-electron chi connectivity index (χ0n) is 17.8. The molecule has 0 atom stereocenters. The summed E-state index contributed by atoms with van der Waals surface area (Å²) in [4.78, 5) is 26.5. The highest BCUT2D eigenvalue weighted by Crippen LogP contribution is 2.38. The van der Waals surface area contributed by atoms with Gasteiger partial charge in [0.25, 0.3) is 11.8 Å². The van der Waals surface area contributed by atoms with Gasteiger partial charge in [0.15, 0.2) is 16.6 Å². The van der Waals surface area contributed by atoms with Crippen LogP contribution in [-0.4, -0.2) is 35.0 Å². The van der Waals surface area contributed by atoms with E-state index in [1.165, 1.54) is 17.1 Å². The number of carbonyl (C=O) groups excluding carboxylic acids is 2. The van der Waals surface area contributed by atoms with Crippen LogP contribution in [0.2, 0.25) is 0 Å². The summed E-state index contributed by atoms with van der Waals surface area (Å²) in [6.07, 6.45) is 3.00. The van der Waals surface area contributed by atoms with E-state index in [1.807, 2.05) is 19.1 Å². The number of nitriles is 1. The van der Waals surface area contributed by atoms with Crippen molar-refractivity contribution >= 4 is 51.2 Å². The number of rotatable bonds is 8. The molecule has 0 aliphatic carbocycles. The molecule has 1 saturated heterocycles. The van der Waals surface area contributed by atoms with Gasteiger partial charge < -0.3 is 9.47 Å². The van der Waals surface area contributed by atoms with Crippen molar-refractivity contribution < 1.29 is 19.1 Å². The molecule has 1 N–H and O–H groups in total. The van der Waals surface area contributed by atoms with E-state index in [0.29, 0.717) is 33.7 Å². The van der Waals surface area contributed by atoms with Gasteiger partial charge >= 0.3 is 0 Å². The molecule has 2 aromatic carbocycles. The van der Waals surface area contributed by atoms with Crippen LogP contribution in [0, 0.1) is 11.3 Å². The molecule has 0 radical (unpaired) electrons. The predicted octanol–water partition coefficient (Wildman–Crippen LogP) is 4.11. The van der Waals surface area contributed by atoms with Gasteiger partial charge in [0, 0.05) is 12.1 Å². The first-order valence-electron chi connectivity index (χ1n) is 9.96. The Morgan fingerprint density at radius 2 is 2.03 bits per heavy atom. The lowest BCUT2D eigenvalue weighted by atomic mass is 10.1. The number of benzene rings is 2. The molecule has 7 nitrogen and oxygen atoms in total. The zero-order chi connectivity index (χ0) is 24.0. The summed E-state index contributed by atoms with van der Waals surface area (Å²) in [6, 6.07) is 12.7. The maximum Gasteiger partial charge on any atom is 0.265 e. The van der Waals surface area contributed by atoms with Crippen LogP contribution in [0.5, 0.6) is 11.5 Å². The van der Waals surface area contributed by atoms with E-state index >= 15 is 0 Å². The van der Waals surface area contributed by atoms with E-state index < -0.39 is 11.8 Å². The van der Waals surface area contributed by atoms with Crippen LogP contribution in [0.15, 0.2) is 59.1 Å². The summed E-state index contributed by atoms with van der Waals surface area (Å²) in [5.41, 5.74) is 1.76. The number of hydrogen-bond donors (Lipinski definition) is 1. The van der Waals surface area contributed by atoms with Gasteiger partial charge in [-0.25, -0.2) is 0 Å². The van der Waals surface area contributed by atoms with Crippen molar-refractivity contribution in [2.45, 2.75) is 13.5 Å². The van der Waals surface area contributed by atoms with Gasteiger partial charge in [0.2, 0.25) is 0 Å². The second-order valence-corrected chi connectivity index (χ2v) is 8.08. The molecule has 2 aromatic rings. The molecule has 1 aliphatic heterocycles. The highest BCUT2D eigenvalue weighted by Gasteiger charge is 2.32. The molecule has 0 bridgehead atoms. The third kappa shape index (κ3) is 5.48. The Balaban J connectivity index is 1.94. The molecule has 0 spiro atoms. The van der Waals surface area contributed by atoms with Crippen molar-refractivity contribution in [3.05, 3.63) is 75.8 Å². The Morgan fingerprint density at radius 3 is 2.73 bits per heavy atom. The van der Waals surface area contributed by atoms with Gasteiger partial charge in [-0.1, -0.05) is 24.3 Å². The highest BCUT2D eigenvalue weighted by molar-refractivity contribution is 9.10. The van der Waals surface area contributed by atoms with Crippen molar-refractivity contribution in [2.75, 3.05) is 13.2 Å². The van der Waals surface area contributed by atoms with Crippen LogP contribution in [-0.2, 0) is 16.2 Å². The van der Waals surface area contributed by atoms with E-state index in [9.17, 15) is 14.9 Å². The molecule has 0 aromatic heterocycles. The summed E-state index contributed by atoms with van der Waals surface area (Å²) in [5.74, 6) is -0.213. The second-order valence-electron chi connectivity index (χ2n) is 6.84. The maximum atomic E-state index is 12.8. The molecule has 1 heterocycles. The van der Waals surface area contributed by atoms with Crippen molar-refractivity contribution in [1.29, 1.82) is 5.26 Å². The van der Waals surface area contributed by atoms with E-state index in [2.05, 4.69) is 33.9 Å². The number of hydrogen-bond acceptors (Lipinski definition) is 6. The summed E-state index contributed by atoms with van der Waals surface area (Å²) in [7, 11) is 0. The highest BCUT2D eigenvalue weighted by atomic mass is 79.9. The van der Waals surface area contributed by atoms with E-state index in [0.717, 1.165) is 5.56 Å². The molecule has 9 heteroatoms. The molecule has 168 valence electrons. The lowest BCUT2D eigenvalue weighted by Crippen LogP contribution is -2.53. The first-order chi connectivity index (χ1) is 15.9. The Morgan fingerprint density at radius 1 is 1.27 bits per heavy atom. The average Bonchev–Trinajstić information content (AvgIpc) is 2.79. The maximum absolute atomic E-state index is 12.8. The Labute approximate surface area is 205 Å².